The van der Waals surface area contributed by atoms with Crippen LogP contribution in [0.2, 0.25) is 0 Å². The third kappa shape index (κ3) is 4.09. The predicted octanol–water partition coefficient (Wildman–Crippen LogP) is 0.913. The van der Waals surface area contributed by atoms with Crippen molar-refractivity contribution < 1.29 is 18.3 Å². The number of carbonyl (C=O) groups is 1. The fourth-order valence-corrected chi connectivity index (χ4v) is 3.36. The van der Waals surface area contributed by atoms with Gasteiger partial charge in [0.25, 0.3) is 0 Å². The molecule has 94 valence electrons. The van der Waals surface area contributed by atoms with Gasteiger partial charge in [-0.1, -0.05) is 6.92 Å². The quantitative estimate of drug-likeness (QED) is 0.759. The zero-order chi connectivity index (χ0) is 12.2. The van der Waals surface area contributed by atoms with Gasteiger partial charge in [-0.2, -0.15) is 0 Å². The molecule has 1 rings (SSSR count). The first-order chi connectivity index (χ1) is 7.42. The van der Waals surface area contributed by atoms with Gasteiger partial charge < -0.3 is 5.11 Å². The smallest absolute Gasteiger partial charge is 0.303 e. The van der Waals surface area contributed by atoms with Crippen molar-refractivity contribution in [3.63, 3.8) is 0 Å². The Hall–Kier alpha value is -0.620. The molecule has 1 aliphatic rings. The van der Waals surface area contributed by atoms with Crippen LogP contribution in [0.4, 0.5) is 0 Å². The van der Waals surface area contributed by atoms with E-state index in [1.165, 1.54) is 4.31 Å². The Morgan fingerprint density at radius 2 is 2.12 bits per heavy atom. The number of sulfonamides is 1. The lowest BCUT2D eigenvalue weighted by Crippen LogP contribution is -2.27. The highest BCUT2D eigenvalue weighted by atomic mass is 32.2. The van der Waals surface area contributed by atoms with Crippen LogP contribution in [0.3, 0.4) is 0 Å². The Kier molecular flexibility index (Phi) is 4.73. The standard InChI is InChI=1S/C10H19NO4S/c1-9(3-4-10(12)13)5-7-11-6-2-8-16(11,14)15/h9H,2-8H2,1H3,(H,12,13). The van der Waals surface area contributed by atoms with Gasteiger partial charge in [0.05, 0.1) is 5.75 Å². The molecule has 0 aromatic carbocycles. The number of hydrogen-bond acceptors (Lipinski definition) is 3. The molecule has 1 saturated heterocycles. The van der Waals surface area contributed by atoms with Gasteiger partial charge in [-0.3, -0.25) is 4.79 Å². The highest BCUT2D eigenvalue weighted by Crippen LogP contribution is 2.17. The molecule has 0 aromatic heterocycles. The van der Waals surface area contributed by atoms with Crippen molar-refractivity contribution in [3.05, 3.63) is 0 Å². The van der Waals surface area contributed by atoms with Gasteiger partial charge in [-0.25, -0.2) is 12.7 Å². The topological polar surface area (TPSA) is 74.7 Å². The summed E-state index contributed by atoms with van der Waals surface area (Å²) in [7, 11) is -3.00. The van der Waals surface area contributed by atoms with Gasteiger partial charge in [0, 0.05) is 19.5 Å². The minimum Gasteiger partial charge on any atom is -0.481 e. The molecule has 1 N–H and O–H groups in total. The van der Waals surface area contributed by atoms with Crippen LogP contribution in [0.15, 0.2) is 0 Å². The summed E-state index contributed by atoms with van der Waals surface area (Å²) in [5.41, 5.74) is 0. The lowest BCUT2D eigenvalue weighted by atomic mass is 10.0. The molecule has 0 aliphatic carbocycles. The highest BCUT2D eigenvalue weighted by Gasteiger charge is 2.27. The maximum atomic E-state index is 11.5. The molecular formula is C10H19NO4S. The molecule has 16 heavy (non-hydrogen) atoms. The summed E-state index contributed by atoms with van der Waals surface area (Å²) in [6, 6.07) is 0. The average Bonchev–Trinajstić information content (AvgIpc) is 2.51. The Morgan fingerprint density at radius 3 is 2.62 bits per heavy atom. The summed E-state index contributed by atoms with van der Waals surface area (Å²) in [5.74, 6) is -0.274. The van der Waals surface area contributed by atoms with Gasteiger partial charge in [0.2, 0.25) is 10.0 Å². The lowest BCUT2D eigenvalue weighted by Gasteiger charge is -2.16. The fraction of sp³-hybridized carbons (Fsp3) is 0.900. The molecule has 0 amide bonds. The van der Waals surface area contributed by atoms with E-state index in [9.17, 15) is 13.2 Å². The molecule has 1 aliphatic heterocycles. The minimum atomic E-state index is -3.00. The number of rotatable bonds is 6. The van der Waals surface area contributed by atoms with E-state index in [0.717, 1.165) is 6.42 Å². The molecule has 1 unspecified atom stereocenters. The van der Waals surface area contributed by atoms with Gasteiger partial charge in [-0.15, -0.1) is 0 Å². The number of carboxylic acid groups (broad SMARTS) is 1. The molecule has 0 spiro atoms. The summed E-state index contributed by atoms with van der Waals surface area (Å²) in [4.78, 5) is 10.4. The Bertz CT molecular complexity index is 339. The van der Waals surface area contributed by atoms with E-state index in [0.29, 0.717) is 25.9 Å². The molecule has 1 fully saturated rings. The van der Waals surface area contributed by atoms with Crippen LogP contribution >= 0.6 is 0 Å². The van der Waals surface area contributed by atoms with Crippen molar-refractivity contribution in [2.24, 2.45) is 5.92 Å². The van der Waals surface area contributed by atoms with Crippen LogP contribution in [-0.2, 0) is 14.8 Å². The molecule has 1 heterocycles. The van der Waals surface area contributed by atoms with E-state index in [1.807, 2.05) is 6.92 Å². The number of nitrogens with zero attached hydrogens (tertiary/aromatic N) is 1. The van der Waals surface area contributed by atoms with E-state index < -0.39 is 16.0 Å². The van der Waals surface area contributed by atoms with E-state index in [4.69, 9.17) is 5.11 Å². The summed E-state index contributed by atoms with van der Waals surface area (Å²) in [6.07, 6.45) is 2.23. The molecule has 0 bridgehead atoms. The third-order valence-electron chi connectivity index (χ3n) is 2.93. The van der Waals surface area contributed by atoms with Gasteiger partial charge in [0.1, 0.15) is 0 Å². The summed E-state index contributed by atoms with van der Waals surface area (Å²) < 4.78 is 24.5. The molecular weight excluding hydrogens is 230 g/mol. The van der Waals surface area contributed by atoms with E-state index in [1.54, 1.807) is 0 Å². The first kappa shape index (κ1) is 13.4. The van der Waals surface area contributed by atoms with Crippen molar-refractivity contribution in [1.82, 2.24) is 4.31 Å². The molecule has 5 nitrogen and oxygen atoms in total. The van der Waals surface area contributed by atoms with Crippen LogP contribution in [0.1, 0.15) is 32.6 Å². The second kappa shape index (κ2) is 5.63. The zero-order valence-corrected chi connectivity index (χ0v) is 10.4. The highest BCUT2D eigenvalue weighted by molar-refractivity contribution is 7.89. The summed E-state index contributed by atoms with van der Waals surface area (Å²) >= 11 is 0. The lowest BCUT2D eigenvalue weighted by molar-refractivity contribution is -0.137. The monoisotopic (exact) mass is 249 g/mol. The fourth-order valence-electron chi connectivity index (χ4n) is 1.82. The van der Waals surface area contributed by atoms with Crippen molar-refractivity contribution in [3.8, 4) is 0 Å². The minimum absolute atomic E-state index is 0.161. The maximum Gasteiger partial charge on any atom is 0.303 e. The van der Waals surface area contributed by atoms with Crippen LogP contribution < -0.4 is 0 Å². The van der Waals surface area contributed by atoms with Gasteiger partial charge in [-0.05, 0) is 25.2 Å². The number of carboxylic acids is 1. The predicted molar refractivity (Wildman–Crippen MR) is 60.6 cm³/mol. The van der Waals surface area contributed by atoms with Crippen molar-refractivity contribution in [2.75, 3.05) is 18.8 Å². The second-order valence-corrected chi connectivity index (χ2v) is 6.48. The van der Waals surface area contributed by atoms with Gasteiger partial charge in [0.15, 0.2) is 0 Å². The van der Waals surface area contributed by atoms with Gasteiger partial charge >= 0.3 is 5.97 Å². The number of aliphatic carboxylic acids is 1. The van der Waals surface area contributed by atoms with E-state index in [-0.39, 0.29) is 18.1 Å². The van der Waals surface area contributed by atoms with Crippen LogP contribution in [0, 0.1) is 5.92 Å². The first-order valence-electron chi connectivity index (χ1n) is 5.61. The molecule has 0 saturated carbocycles. The summed E-state index contributed by atoms with van der Waals surface area (Å²) in [6.45, 7) is 3.11. The van der Waals surface area contributed by atoms with Crippen LogP contribution in [-0.4, -0.2) is 42.6 Å². The first-order valence-corrected chi connectivity index (χ1v) is 7.22. The molecule has 6 heteroatoms. The van der Waals surface area contributed by atoms with E-state index >= 15 is 0 Å². The Balaban J connectivity index is 2.26. The largest absolute Gasteiger partial charge is 0.481 e. The molecule has 0 radical (unpaired) electrons. The second-order valence-electron chi connectivity index (χ2n) is 4.39. The molecule has 1 atom stereocenters. The maximum absolute atomic E-state index is 11.5. The molecule has 0 aromatic rings. The van der Waals surface area contributed by atoms with Crippen molar-refractivity contribution >= 4 is 16.0 Å². The van der Waals surface area contributed by atoms with Crippen LogP contribution in [0.5, 0.6) is 0 Å². The van der Waals surface area contributed by atoms with Crippen molar-refractivity contribution in [2.45, 2.75) is 32.6 Å². The Labute approximate surface area is 96.5 Å². The van der Waals surface area contributed by atoms with Crippen LogP contribution in [0.25, 0.3) is 0 Å². The SMILES string of the molecule is CC(CCC(=O)O)CCN1CCCS1(=O)=O. The zero-order valence-electron chi connectivity index (χ0n) is 9.55. The third-order valence-corrected chi connectivity index (χ3v) is 4.88. The van der Waals surface area contributed by atoms with E-state index in [2.05, 4.69) is 0 Å². The Morgan fingerprint density at radius 1 is 1.44 bits per heavy atom. The number of hydrogen-bond donors (Lipinski definition) is 1. The average molecular weight is 249 g/mol. The normalized spacial score (nSPS) is 22.1. The summed E-state index contributed by atoms with van der Waals surface area (Å²) in [5, 5.41) is 8.52. The van der Waals surface area contributed by atoms with Crippen molar-refractivity contribution in [1.29, 1.82) is 0 Å².